The van der Waals surface area contributed by atoms with Gasteiger partial charge in [0.1, 0.15) is 0 Å². The van der Waals surface area contributed by atoms with Crippen LogP contribution in [0.5, 0.6) is 0 Å². The van der Waals surface area contributed by atoms with Gasteiger partial charge in [-0.25, -0.2) is 4.68 Å². The van der Waals surface area contributed by atoms with Crippen molar-refractivity contribution in [2.24, 2.45) is 0 Å². The van der Waals surface area contributed by atoms with Crippen LogP contribution < -0.4 is 5.32 Å². The van der Waals surface area contributed by atoms with Gasteiger partial charge >= 0.3 is 0 Å². The van der Waals surface area contributed by atoms with Crippen molar-refractivity contribution in [1.29, 1.82) is 0 Å². The Morgan fingerprint density at radius 1 is 1.21 bits per heavy atom. The van der Waals surface area contributed by atoms with Crippen LogP contribution >= 0.6 is 39.1 Å². The number of aromatic nitrogens is 2. The van der Waals surface area contributed by atoms with Crippen LogP contribution in [-0.4, -0.2) is 15.7 Å². The van der Waals surface area contributed by atoms with Crippen molar-refractivity contribution in [2.45, 2.75) is 32.7 Å². The molecule has 0 saturated heterocycles. The molecule has 3 rings (SSSR count). The van der Waals surface area contributed by atoms with Gasteiger partial charge in [0.05, 0.1) is 39.2 Å². The molecule has 1 N–H and O–H groups in total. The fourth-order valence-electron chi connectivity index (χ4n) is 3.08. The maximum absolute atomic E-state index is 13.0. The van der Waals surface area contributed by atoms with Gasteiger partial charge in [0.25, 0.3) is 5.91 Å². The van der Waals surface area contributed by atoms with Crippen molar-refractivity contribution in [3.63, 3.8) is 0 Å². The van der Waals surface area contributed by atoms with Crippen molar-refractivity contribution in [1.82, 2.24) is 15.1 Å². The number of hydrogen-bond donors (Lipinski definition) is 1. The van der Waals surface area contributed by atoms with E-state index in [0.29, 0.717) is 15.6 Å². The first-order chi connectivity index (χ1) is 13.4. The second kappa shape index (κ2) is 9.12. The average molecular weight is 481 g/mol. The average Bonchev–Trinajstić information content (AvgIpc) is 3.05. The van der Waals surface area contributed by atoms with Crippen molar-refractivity contribution < 1.29 is 4.79 Å². The number of amides is 1. The zero-order chi connectivity index (χ0) is 20.3. The van der Waals surface area contributed by atoms with Crippen LogP contribution in [0.1, 0.15) is 47.4 Å². The maximum Gasteiger partial charge on any atom is 0.255 e. The summed E-state index contributed by atoms with van der Waals surface area (Å²) in [7, 11) is 0. The Hall–Kier alpha value is -1.82. The molecular weight excluding hydrogens is 461 g/mol. The van der Waals surface area contributed by atoms with E-state index in [1.165, 1.54) is 0 Å². The molecule has 0 aliphatic carbocycles. The monoisotopic (exact) mass is 479 g/mol. The van der Waals surface area contributed by atoms with Gasteiger partial charge in [-0.2, -0.15) is 5.10 Å². The molecule has 1 amide bonds. The molecule has 0 radical (unpaired) electrons. The van der Waals surface area contributed by atoms with Crippen molar-refractivity contribution in [3.05, 3.63) is 80.0 Å². The van der Waals surface area contributed by atoms with Crippen LogP contribution in [0.25, 0.3) is 5.69 Å². The van der Waals surface area contributed by atoms with Crippen molar-refractivity contribution in [3.8, 4) is 5.69 Å². The number of carbonyl (C=O) groups excluding carboxylic acids is 1. The molecule has 1 atom stereocenters. The summed E-state index contributed by atoms with van der Waals surface area (Å²) in [5.41, 5.74) is 3.09. The number of hydrogen-bond acceptors (Lipinski definition) is 2. The highest BCUT2D eigenvalue weighted by Gasteiger charge is 2.20. The number of rotatable bonds is 6. The summed E-state index contributed by atoms with van der Waals surface area (Å²) in [4.78, 5) is 13.0. The number of nitrogens with zero attached hydrogens (tertiary/aromatic N) is 2. The van der Waals surface area contributed by atoms with Gasteiger partial charge in [-0.15, -0.1) is 0 Å². The summed E-state index contributed by atoms with van der Waals surface area (Å²) < 4.78 is 2.68. The van der Waals surface area contributed by atoms with E-state index in [2.05, 4.69) is 33.3 Å². The molecule has 0 aliphatic heterocycles. The number of nitrogens with one attached hydrogen (secondary N) is 1. The van der Waals surface area contributed by atoms with Crippen LogP contribution in [0.4, 0.5) is 0 Å². The molecule has 146 valence electrons. The van der Waals surface area contributed by atoms with E-state index in [1.807, 2.05) is 37.3 Å². The topological polar surface area (TPSA) is 46.9 Å². The highest BCUT2D eigenvalue weighted by Crippen LogP contribution is 2.26. The van der Waals surface area contributed by atoms with Gasteiger partial charge in [0, 0.05) is 4.47 Å². The molecule has 1 heterocycles. The summed E-state index contributed by atoms with van der Waals surface area (Å²) in [6.45, 7) is 3.96. The van der Waals surface area contributed by atoms with E-state index in [0.717, 1.165) is 34.3 Å². The van der Waals surface area contributed by atoms with Crippen molar-refractivity contribution >= 4 is 45.0 Å². The molecule has 2 aromatic carbocycles. The second-order valence-electron chi connectivity index (χ2n) is 6.52. The molecule has 7 heteroatoms. The predicted octanol–water partition coefficient (Wildman–Crippen LogP) is 6.52. The smallest absolute Gasteiger partial charge is 0.255 e. The van der Waals surface area contributed by atoms with E-state index in [9.17, 15) is 4.79 Å². The Morgan fingerprint density at radius 2 is 2.00 bits per heavy atom. The highest BCUT2D eigenvalue weighted by atomic mass is 79.9. The van der Waals surface area contributed by atoms with E-state index >= 15 is 0 Å². The second-order valence-corrected chi connectivity index (χ2v) is 8.25. The van der Waals surface area contributed by atoms with Gasteiger partial charge in [0.2, 0.25) is 0 Å². The van der Waals surface area contributed by atoms with Crippen LogP contribution in [0, 0.1) is 6.92 Å². The van der Waals surface area contributed by atoms with Crippen LogP contribution in [-0.2, 0) is 0 Å². The third kappa shape index (κ3) is 4.59. The molecule has 0 bridgehead atoms. The largest absolute Gasteiger partial charge is 0.345 e. The zero-order valence-electron chi connectivity index (χ0n) is 15.5. The first kappa shape index (κ1) is 20.9. The fourth-order valence-corrected chi connectivity index (χ4v) is 3.79. The summed E-state index contributed by atoms with van der Waals surface area (Å²) in [5.74, 6) is -0.151. The van der Waals surface area contributed by atoms with Crippen molar-refractivity contribution in [2.75, 3.05) is 0 Å². The SMILES string of the molecule is CCC[C@H](NC(=O)c1cnn(-c2ccc(Cl)c(Cl)c2)c1C)c1cccc(Br)c1. The molecule has 3 aromatic rings. The first-order valence-corrected chi connectivity index (χ1v) is 10.5. The van der Waals surface area contributed by atoms with E-state index in [1.54, 1.807) is 23.0 Å². The lowest BCUT2D eigenvalue weighted by Gasteiger charge is -2.19. The molecule has 0 saturated carbocycles. The standard InChI is InChI=1S/C21H20BrCl2N3O/c1-3-5-20(14-6-4-7-15(22)10-14)26-21(28)17-12-25-27(13(17)2)16-8-9-18(23)19(24)11-16/h4,6-12,20H,3,5H2,1-2H3,(H,26,28)/t20-/m0/s1. The molecule has 4 nitrogen and oxygen atoms in total. The molecule has 0 spiro atoms. The maximum atomic E-state index is 13.0. The lowest BCUT2D eigenvalue weighted by atomic mass is 10.0. The fraction of sp³-hybridized carbons (Fsp3) is 0.238. The minimum absolute atomic E-state index is 0.0669. The van der Waals surface area contributed by atoms with Gasteiger partial charge in [0.15, 0.2) is 0 Å². The summed E-state index contributed by atoms with van der Waals surface area (Å²) in [5, 5.41) is 8.43. The van der Waals surface area contributed by atoms with E-state index in [4.69, 9.17) is 23.2 Å². The molecule has 1 aromatic heterocycles. The minimum Gasteiger partial charge on any atom is -0.345 e. The van der Waals surface area contributed by atoms with Crippen LogP contribution in [0.15, 0.2) is 53.1 Å². The molecular formula is C21H20BrCl2N3O. The Labute approximate surface area is 183 Å². The Bertz CT molecular complexity index is 1000. The lowest BCUT2D eigenvalue weighted by molar-refractivity contribution is 0.0934. The third-order valence-corrected chi connectivity index (χ3v) is 5.77. The number of benzene rings is 2. The number of carbonyl (C=O) groups is 1. The highest BCUT2D eigenvalue weighted by molar-refractivity contribution is 9.10. The Kier molecular flexibility index (Phi) is 6.81. The van der Waals surface area contributed by atoms with Crippen LogP contribution in [0.3, 0.4) is 0 Å². The lowest BCUT2D eigenvalue weighted by Crippen LogP contribution is -2.28. The van der Waals surface area contributed by atoms with Gasteiger partial charge in [-0.05, 0) is 49.2 Å². The summed E-state index contributed by atoms with van der Waals surface area (Å²) in [6.07, 6.45) is 3.39. The van der Waals surface area contributed by atoms with Gasteiger partial charge in [-0.3, -0.25) is 4.79 Å². The molecule has 0 unspecified atom stereocenters. The zero-order valence-corrected chi connectivity index (χ0v) is 18.6. The quantitative estimate of drug-likeness (QED) is 0.436. The van der Waals surface area contributed by atoms with Crippen LogP contribution in [0.2, 0.25) is 10.0 Å². The minimum atomic E-state index is -0.151. The van der Waals surface area contributed by atoms with E-state index in [-0.39, 0.29) is 11.9 Å². The van der Waals surface area contributed by atoms with Gasteiger partial charge in [-0.1, -0.05) is 64.6 Å². The number of halogens is 3. The third-order valence-electron chi connectivity index (χ3n) is 4.54. The molecule has 0 aliphatic rings. The van der Waals surface area contributed by atoms with Gasteiger partial charge < -0.3 is 5.32 Å². The normalized spacial score (nSPS) is 12.0. The summed E-state index contributed by atoms with van der Waals surface area (Å²) in [6, 6.07) is 13.2. The summed E-state index contributed by atoms with van der Waals surface area (Å²) >= 11 is 15.6. The van der Waals surface area contributed by atoms with E-state index < -0.39 is 0 Å². The molecule has 0 fully saturated rings. The first-order valence-electron chi connectivity index (χ1n) is 8.97. The molecule has 28 heavy (non-hydrogen) atoms. The predicted molar refractivity (Wildman–Crippen MR) is 118 cm³/mol. The Balaban J connectivity index is 1.85. The Morgan fingerprint density at radius 3 is 2.68 bits per heavy atom.